The maximum Gasteiger partial charge on any atom is 0.307 e. The Labute approximate surface area is 146 Å². The molecule has 0 spiro atoms. The lowest BCUT2D eigenvalue weighted by atomic mass is 9.91. The van der Waals surface area contributed by atoms with Gasteiger partial charge in [-0.1, -0.05) is 17.7 Å². The molecule has 2 aliphatic rings. The van der Waals surface area contributed by atoms with Crippen LogP contribution in [-0.4, -0.2) is 19.7 Å². The molecule has 126 valence electrons. The number of halogens is 1. The number of aromatic nitrogens is 1. The van der Waals surface area contributed by atoms with Crippen molar-refractivity contribution in [3.8, 4) is 5.88 Å². The van der Waals surface area contributed by atoms with Crippen LogP contribution >= 0.6 is 11.6 Å². The number of benzene rings is 1. The van der Waals surface area contributed by atoms with Crippen LogP contribution in [0.15, 0.2) is 30.5 Å². The van der Waals surface area contributed by atoms with Crippen molar-refractivity contribution in [2.75, 3.05) is 11.6 Å². The van der Waals surface area contributed by atoms with Crippen molar-refractivity contribution in [1.29, 1.82) is 0 Å². The van der Waals surface area contributed by atoms with Gasteiger partial charge in [-0.25, -0.2) is 4.98 Å². The summed E-state index contributed by atoms with van der Waals surface area (Å²) < 4.78 is 28.2. The molecule has 2 bridgehead atoms. The summed E-state index contributed by atoms with van der Waals surface area (Å²) in [4.78, 5) is 4.28. The normalized spacial score (nSPS) is 21.6. The fourth-order valence-electron chi connectivity index (χ4n) is 3.89. The second-order valence-electron chi connectivity index (χ2n) is 6.43. The first kappa shape index (κ1) is 15.7. The Bertz CT molecular complexity index is 914. The van der Waals surface area contributed by atoms with Gasteiger partial charge in [0, 0.05) is 16.3 Å². The molecule has 2 aliphatic carbocycles. The number of hydrogen-bond acceptors (Lipinski definition) is 5. The maximum atomic E-state index is 11.5. The average Bonchev–Trinajstić information content (AvgIpc) is 3.10. The van der Waals surface area contributed by atoms with Gasteiger partial charge in [-0.05, 0) is 54.9 Å². The lowest BCUT2D eigenvalue weighted by Crippen LogP contribution is -2.12. The van der Waals surface area contributed by atoms with E-state index >= 15 is 0 Å². The predicted molar refractivity (Wildman–Crippen MR) is 93.8 cm³/mol. The molecule has 7 heteroatoms. The molecule has 1 heterocycles. The van der Waals surface area contributed by atoms with Gasteiger partial charge in [-0.15, -0.1) is 0 Å². The van der Waals surface area contributed by atoms with Crippen LogP contribution in [0.4, 0.5) is 11.4 Å². The van der Waals surface area contributed by atoms with Gasteiger partial charge in [0.25, 0.3) is 0 Å². The van der Waals surface area contributed by atoms with Gasteiger partial charge in [0.2, 0.25) is 5.88 Å². The Morgan fingerprint density at radius 3 is 2.71 bits per heavy atom. The zero-order valence-electron chi connectivity index (χ0n) is 13.1. The highest BCUT2D eigenvalue weighted by Gasteiger charge is 2.42. The van der Waals surface area contributed by atoms with E-state index in [2.05, 4.69) is 10.3 Å². The lowest BCUT2D eigenvalue weighted by molar-refractivity contribution is 0.474. The standard InChI is InChI=1S/C17H17ClN2O3S/c1-24(21,22)23-17-16-11-6-5-10(7-11)15(16)14(9-19-17)20-13-4-2-3-12(18)8-13/h2-4,8-11,20H,5-7H2,1H3. The van der Waals surface area contributed by atoms with Crippen LogP contribution < -0.4 is 9.50 Å². The summed E-state index contributed by atoms with van der Waals surface area (Å²) in [7, 11) is -3.59. The molecule has 2 aromatic rings. The van der Waals surface area contributed by atoms with Gasteiger partial charge in [-0.2, -0.15) is 8.42 Å². The Morgan fingerprint density at radius 2 is 2.00 bits per heavy atom. The lowest BCUT2D eigenvalue weighted by Gasteiger charge is -2.21. The van der Waals surface area contributed by atoms with E-state index in [-0.39, 0.29) is 5.88 Å². The van der Waals surface area contributed by atoms with Crippen LogP contribution in [0, 0.1) is 0 Å². The summed E-state index contributed by atoms with van der Waals surface area (Å²) in [6.45, 7) is 0. The smallest absolute Gasteiger partial charge is 0.307 e. The van der Waals surface area contributed by atoms with Gasteiger partial charge in [0.05, 0.1) is 18.1 Å². The molecule has 2 unspecified atom stereocenters. The van der Waals surface area contributed by atoms with Crippen LogP contribution in [0.2, 0.25) is 5.02 Å². The zero-order chi connectivity index (χ0) is 16.9. The minimum atomic E-state index is -3.59. The third kappa shape index (κ3) is 2.84. The van der Waals surface area contributed by atoms with Gasteiger partial charge < -0.3 is 9.50 Å². The number of rotatable bonds is 4. The van der Waals surface area contributed by atoms with Crippen molar-refractivity contribution in [3.05, 3.63) is 46.6 Å². The third-order valence-electron chi connectivity index (χ3n) is 4.70. The summed E-state index contributed by atoms with van der Waals surface area (Å²) in [5.74, 6) is 0.989. The highest BCUT2D eigenvalue weighted by atomic mass is 35.5. The minimum Gasteiger partial charge on any atom is -0.361 e. The molecule has 2 atom stereocenters. The molecule has 1 aromatic carbocycles. The monoisotopic (exact) mass is 364 g/mol. The maximum absolute atomic E-state index is 11.5. The molecule has 0 aliphatic heterocycles. The summed E-state index contributed by atoms with van der Waals surface area (Å²) >= 11 is 6.05. The Kier molecular flexibility index (Phi) is 3.69. The quantitative estimate of drug-likeness (QED) is 0.824. The van der Waals surface area contributed by atoms with Crippen molar-refractivity contribution < 1.29 is 12.6 Å². The van der Waals surface area contributed by atoms with E-state index in [1.165, 1.54) is 0 Å². The van der Waals surface area contributed by atoms with Crippen LogP contribution in [0.1, 0.15) is 42.2 Å². The Balaban J connectivity index is 1.77. The molecular weight excluding hydrogens is 348 g/mol. The number of nitrogens with zero attached hydrogens (tertiary/aromatic N) is 1. The van der Waals surface area contributed by atoms with Crippen LogP contribution in [0.3, 0.4) is 0 Å². The second kappa shape index (κ2) is 5.63. The van der Waals surface area contributed by atoms with E-state index in [1.54, 1.807) is 6.20 Å². The second-order valence-corrected chi connectivity index (χ2v) is 8.45. The first-order valence-corrected chi connectivity index (χ1v) is 10.0. The van der Waals surface area contributed by atoms with E-state index in [9.17, 15) is 8.42 Å². The SMILES string of the molecule is CS(=O)(=O)Oc1ncc(Nc2cccc(Cl)c2)c2c1C1CCC2C1. The molecule has 0 amide bonds. The van der Waals surface area contributed by atoms with Crippen molar-refractivity contribution in [2.45, 2.75) is 31.1 Å². The number of nitrogens with one attached hydrogen (secondary N) is 1. The summed E-state index contributed by atoms with van der Waals surface area (Å²) in [6, 6.07) is 7.49. The van der Waals surface area contributed by atoms with Crippen LogP contribution in [-0.2, 0) is 10.1 Å². The van der Waals surface area contributed by atoms with Crippen LogP contribution in [0.5, 0.6) is 5.88 Å². The van der Waals surface area contributed by atoms with E-state index in [1.807, 2.05) is 24.3 Å². The Hall–Kier alpha value is -1.79. The fourth-order valence-corrected chi connectivity index (χ4v) is 4.50. The molecule has 24 heavy (non-hydrogen) atoms. The highest BCUT2D eigenvalue weighted by molar-refractivity contribution is 7.86. The Morgan fingerprint density at radius 1 is 1.25 bits per heavy atom. The molecule has 1 saturated carbocycles. The number of fused-ring (bicyclic) bond motifs is 5. The van der Waals surface area contributed by atoms with Crippen molar-refractivity contribution in [3.63, 3.8) is 0 Å². The van der Waals surface area contributed by atoms with Gasteiger partial charge in [-0.3, -0.25) is 0 Å². The van der Waals surface area contributed by atoms with Gasteiger partial charge >= 0.3 is 10.1 Å². The highest BCUT2D eigenvalue weighted by Crippen LogP contribution is 2.57. The van der Waals surface area contributed by atoms with Gasteiger partial charge in [0.15, 0.2) is 0 Å². The number of pyridine rings is 1. The molecule has 0 saturated heterocycles. The molecule has 1 aromatic heterocycles. The van der Waals surface area contributed by atoms with E-state index < -0.39 is 10.1 Å². The minimum absolute atomic E-state index is 0.233. The molecule has 5 nitrogen and oxygen atoms in total. The van der Waals surface area contributed by atoms with Crippen molar-refractivity contribution in [1.82, 2.24) is 4.98 Å². The van der Waals surface area contributed by atoms with Crippen LogP contribution in [0.25, 0.3) is 0 Å². The van der Waals surface area contributed by atoms with Gasteiger partial charge in [0.1, 0.15) is 0 Å². The molecular formula is C17H17ClN2O3S. The summed E-state index contributed by atoms with van der Waals surface area (Å²) in [5.41, 5.74) is 3.87. The van der Waals surface area contributed by atoms with Crippen molar-refractivity contribution in [2.24, 2.45) is 0 Å². The van der Waals surface area contributed by atoms with E-state index in [0.29, 0.717) is 16.9 Å². The third-order valence-corrected chi connectivity index (χ3v) is 5.40. The average molecular weight is 365 g/mol. The largest absolute Gasteiger partial charge is 0.361 e. The van der Waals surface area contributed by atoms with E-state index in [0.717, 1.165) is 48.0 Å². The van der Waals surface area contributed by atoms with Crippen molar-refractivity contribution >= 4 is 33.1 Å². The molecule has 1 N–H and O–H groups in total. The number of anilines is 2. The summed E-state index contributed by atoms with van der Waals surface area (Å²) in [6.07, 6.45) is 5.91. The number of hydrogen-bond donors (Lipinski definition) is 1. The first-order valence-electron chi connectivity index (χ1n) is 7.85. The predicted octanol–water partition coefficient (Wildman–Crippen LogP) is 4.18. The molecule has 0 radical (unpaired) electrons. The molecule has 4 rings (SSSR count). The topological polar surface area (TPSA) is 68.3 Å². The zero-order valence-corrected chi connectivity index (χ0v) is 14.7. The van der Waals surface area contributed by atoms with E-state index in [4.69, 9.17) is 15.8 Å². The fraction of sp³-hybridized carbons (Fsp3) is 0.353. The summed E-state index contributed by atoms with van der Waals surface area (Å²) in [5, 5.41) is 4.02. The first-order chi connectivity index (χ1) is 11.4. The molecule has 1 fully saturated rings.